The number of nitrogens with zero attached hydrogens (tertiary/aromatic N) is 1. The predicted octanol–water partition coefficient (Wildman–Crippen LogP) is 2.76. The van der Waals surface area contributed by atoms with Crippen molar-refractivity contribution >= 4 is 38.6 Å². The lowest BCUT2D eigenvalue weighted by Gasteiger charge is -2.28. The number of rotatable bonds is 6. The van der Waals surface area contributed by atoms with Crippen LogP contribution in [0.15, 0.2) is 40.6 Å². The molecule has 0 bridgehead atoms. The number of anilines is 1. The van der Waals surface area contributed by atoms with E-state index in [0.29, 0.717) is 17.3 Å². The van der Waals surface area contributed by atoms with Gasteiger partial charge in [-0.3, -0.25) is 0 Å². The molecule has 8 heteroatoms. The Hall–Kier alpha value is -1.12. The zero-order chi connectivity index (χ0) is 17.0. The van der Waals surface area contributed by atoms with Crippen molar-refractivity contribution in [2.75, 3.05) is 37.7 Å². The molecule has 1 N–H and O–H groups in total. The van der Waals surface area contributed by atoms with Crippen molar-refractivity contribution in [3.63, 3.8) is 0 Å². The standard InChI is InChI=1S/C16H19ClN2O3S2/c17-15-5-6-16(23-15)24(20,21)18-8-7-13-1-3-14(4-2-13)19-9-11-22-12-10-19/h1-6,18H,7-12H2. The molecule has 0 unspecified atom stereocenters. The summed E-state index contributed by atoms with van der Waals surface area (Å²) in [6, 6.07) is 11.3. The minimum absolute atomic E-state index is 0.246. The number of hydrogen-bond donors (Lipinski definition) is 1. The lowest BCUT2D eigenvalue weighted by molar-refractivity contribution is 0.122. The van der Waals surface area contributed by atoms with Gasteiger partial charge in [0.15, 0.2) is 0 Å². The average molecular weight is 387 g/mol. The molecular weight excluding hydrogens is 368 g/mol. The van der Waals surface area contributed by atoms with Crippen LogP contribution in [0, 0.1) is 0 Å². The van der Waals surface area contributed by atoms with Gasteiger partial charge in [0.2, 0.25) is 10.0 Å². The maximum Gasteiger partial charge on any atom is 0.250 e. The van der Waals surface area contributed by atoms with Crippen molar-refractivity contribution in [3.8, 4) is 0 Å². The molecule has 1 saturated heterocycles. The van der Waals surface area contributed by atoms with Gasteiger partial charge in [0, 0.05) is 25.3 Å². The summed E-state index contributed by atoms with van der Waals surface area (Å²) in [6.07, 6.45) is 0.641. The first-order chi connectivity index (χ1) is 11.5. The van der Waals surface area contributed by atoms with Gasteiger partial charge in [-0.25, -0.2) is 13.1 Å². The lowest BCUT2D eigenvalue weighted by atomic mass is 10.1. The molecule has 1 aromatic carbocycles. The fourth-order valence-corrected chi connectivity index (χ4v) is 5.10. The van der Waals surface area contributed by atoms with Crippen molar-refractivity contribution in [1.82, 2.24) is 4.72 Å². The number of thiophene rings is 1. The van der Waals surface area contributed by atoms with Gasteiger partial charge >= 0.3 is 0 Å². The number of sulfonamides is 1. The van der Waals surface area contributed by atoms with Gasteiger partial charge in [-0.1, -0.05) is 23.7 Å². The van der Waals surface area contributed by atoms with E-state index in [9.17, 15) is 8.42 Å². The molecule has 0 aliphatic carbocycles. The third-order valence-electron chi connectivity index (χ3n) is 3.83. The van der Waals surface area contributed by atoms with Gasteiger partial charge in [-0.15, -0.1) is 11.3 Å². The van der Waals surface area contributed by atoms with E-state index in [-0.39, 0.29) is 4.21 Å². The van der Waals surface area contributed by atoms with Crippen LogP contribution in [0.2, 0.25) is 4.34 Å². The van der Waals surface area contributed by atoms with Gasteiger partial charge in [-0.05, 0) is 36.2 Å². The molecule has 130 valence electrons. The van der Waals surface area contributed by atoms with E-state index in [4.69, 9.17) is 16.3 Å². The minimum Gasteiger partial charge on any atom is -0.378 e. The highest BCUT2D eigenvalue weighted by Gasteiger charge is 2.16. The molecule has 2 heterocycles. The molecule has 1 fully saturated rings. The summed E-state index contributed by atoms with van der Waals surface area (Å²) < 4.78 is 32.9. The Morgan fingerprint density at radius 3 is 2.46 bits per heavy atom. The molecule has 0 saturated carbocycles. The number of nitrogens with one attached hydrogen (secondary N) is 1. The van der Waals surface area contributed by atoms with Gasteiger partial charge in [0.05, 0.1) is 17.6 Å². The summed E-state index contributed by atoms with van der Waals surface area (Å²) in [5.41, 5.74) is 2.27. The fraction of sp³-hybridized carbons (Fsp3) is 0.375. The minimum atomic E-state index is -3.47. The normalized spacial score (nSPS) is 15.6. The van der Waals surface area contributed by atoms with Crippen molar-refractivity contribution in [3.05, 3.63) is 46.3 Å². The summed E-state index contributed by atoms with van der Waals surface area (Å²) in [5, 5.41) is 0. The van der Waals surface area contributed by atoms with E-state index in [1.165, 1.54) is 11.8 Å². The van der Waals surface area contributed by atoms with E-state index >= 15 is 0 Å². The summed E-state index contributed by atoms with van der Waals surface area (Å²) in [7, 11) is -3.47. The molecule has 1 aliphatic heterocycles. The maximum atomic E-state index is 12.1. The highest BCUT2D eigenvalue weighted by Crippen LogP contribution is 2.25. The van der Waals surface area contributed by atoms with E-state index < -0.39 is 10.0 Å². The third-order valence-corrected chi connectivity index (χ3v) is 7.02. The zero-order valence-corrected chi connectivity index (χ0v) is 15.5. The molecule has 1 aromatic heterocycles. The Bertz CT molecular complexity index is 769. The molecule has 0 radical (unpaired) electrons. The number of hydrogen-bond acceptors (Lipinski definition) is 5. The van der Waals surface area contributed by atoms with Crippen LogP contribution in [0.4, 0.5) is 5.69 Å². The van der Waals surface area contributed by atoms with E-state index in [0.717, 1.165) is 43.2 Å². The first-order valence-electron chi connectivity index (χ1n) is 7.71. The van der Waals surface area contributed by atoms with Crippen LogP contribution < -0.4 is 9.62 Å². The Labute approximate surface area is 151 Å². The van der Waals surface area contributed by atoms with Crippen LogP contribution in [0.1, 0.15) is 5.56 Å². The number of morpholine rings is 1. The molecule has 0 atom stereocenters. The monoisotopic (exact) mass is 386 g/mol. The van der Waals surface area contributed by atoms with Gasteiger partial charge in [0.1, 0.15) is 4.21 Å². The average Bonchev–Trinajstić information content (AvgIpc) is 3.04. The van der Waals surface area contributed by atoms with E-state index in [1.807, 2.05) is 12.1 Å². The molecule has 24 heavy (non-hydrogen) atoms. The van der Waals surface area contributed by atoms with E-state index in [2.05, 4.69) is 21.8 Å². The first kappa shape index (κ1) is 17.7. The topological polar surface area (TPSA) is 58.6 Å². The Balaban J connectivity index is 1.53. The number of halogens is 1. The molecule has 3 rings (SSSR count). The largest absolute Gasteiger partial charge is 0.378 e. The van der Waals surface area contributed by atoms with Crippen LogP contribution >= 0.6 is 22.9 Å². The second kappa shape index (κ2) is 7.84. The number of benzene rings is 1. The summed E-state index contributed by atoms with van der Waals surface area (Å²) >= 11 is 6.85. The Morgan fingerprint density at radius 2 is 1.83 bits per heavy atom. The van der Waals surface area contributed by atoms with Crippen LogP contribution in [0.25, 0.3) is 0 Å². The van der Waals surface area contributed by atoms with Crippen LogP contribution in [0.3, 0.4) is 0 Å². The number of ether oxygens (including phenoxy) is 1. The SMILES string of the molecule is O=S(=O)(NCCc1ccc(N2CCOCC2)cc1)c1ccc(Cl)s1. The Kier molecular flexibility index (Phi) is 5.78. The molecular formula is C16H19ClN2O3S2. The van der Waals surface area contributed by atoms with Gasteiger partial charge in [0.25, 0.3) is 0 Å². The second-order valence-corrected chi connectivity index (χ2v) is 9.18. The highest BCUT2D eigenvalue weighted by molar-refractivity contribution is 7.91. The quantitative estimate of drug-likeness (QED) is 0.829. The molecule has 0 spiro atoms. The summed E-state index contributed by atoms with van der Waals surface area (Å²) in [4.78, 5) is 2.29. The van der Waals surface area contributed by atoms with Crippen molar-refractivity contribution in [2.24, 2.45) is 0 Å². The third kappa shape index (κ3) is 4.49. The Morgan fingerprint density at radius 1 is 1.12 bits per heavy atom. The van der Waals surface area contributed by atoms with Crippen LogP contribution in [0.5, 0.6) is 0 Å². The first-order valence-corrected chi connectivity index (χ1v) is 10.4. The smallest absolute Gasteiger partial charge is 0.250 e. The van der Waals surface area contributed by atoms with Crippen molar-refractivity contribution in [2.45, 2.75) is 10.6 Å². The zero-order valence-electron chi connectivity index (χ0n) is 13.1. The van der Waals surface area contributed by atoms with Crippen molar-refractivity contribution < 1.29 is 13.2 Å². The molecule has 0 amide bonds. The maximum absolute atomic E-state index is 12.1. The molecule has 5 nitrogen and oxygen atoms in total. The summed E-state index contributed by atoms with van der Waals surface area (Å²) in [6.45, 7) is 3.69. The van der Waals surface area contributed by atoms with Gasteiger partial charge < -0.3 is 9.64 Å². The van der Waals surface area contributed by atoms with Crippen LogP contribution in [-0.4, -0.2) is 41.3 Å². The predicted molar refractivity (Wildman–Crippen MR) is 97.7 cm³/mol. The molecule has 2 aromatic rings. The van der Waals surface area contributed by atoms with Crippen LogP contribution in [-0.2, 0) is 21.2 Å². The second-order valence-electron chi connectivity index (χ2n) is 5.47. The lowest BCUT2D eigenvalue weighted by Crippen LogP contribution is -2.36. The van der Waals surface area contributed by atoms with Gasteiger partial charge in [-0.2, -0.15) is 0 Å². The molecule has 1 aliphatic rings. The highest BCUT2D eigenvalue weighted by atomic mass is 35.5. The summed E-state index contributed by atoms with van der Waals surface area (Å²) in [5.74, 6) is 0. The van der Waals surface area contributed by atoms with Crippen molar-refractivity contribution in [1.29, 1.82) is 0 Å². The van der Waals surface area contributed by atoms with E-state index in [1.54, 1.807) is 6.07 Å². The fourth-order valence-electron chi connectivity index (χ4n) is 2.54.